The van der Waals surface area contributed by atoms with Crippen LogP contribution >= 0.6 is 11.3 Å². The first-order chi connectivity index (χ1) is 8.45. The first-order valence-electron chi connectivity index (χ1n) is 5.63. The smallest absolute Gasteiger partial charge is 0.0348 e. The lowest BCUT2D eigenvalue weighted by atomic mass is 9.99. The molecule has 0 saturated heterocycles. The van der Waals surface area contributed by atoms with Gasteiger partial charge in [-0.3, -0.25) is 0 Å². The lowest BCUT2D eigenvalue weighted by molar-refractivity contribution is 1.62. The molecule has 0 amide bonds. The highest BCUT2D eigenvalue weighted by atomic mass is 32.1. The van der Waals surface area contributed by atoms with Gasteiger partial charge in [0, 0.05) is 4.88 Å². The molecule has 0 bridgehead atoms. The molecule has 0 unspecified atom stereocenters. The van der Waals surface area contributed by atoms with E-state index in [1.54, 1.807) is 11.3 Å². The normalized spacial score (nSPS) is 10.4. The molecule has 1 heteroatoms. The SMILES string of the molecule is c1ccc(-c2ccccc2-c2cccs2)cc1. The zero-order chi connectivity index (χ0) is 11.5. The van der Waals surface area contributed by atoms with E-state index in [1.165, 1.54) is 21.6 Å². The van der Waals surface area contributed by atoms with Crippen LogP contribution in [0.1, 0.15) is 0 Å². The standard InChI is InChI=1S/C16H12S/c1-2-7-13(8-3-1)14-9-4-5-10-15(14)16-11-6-12-17-16/h1-12H. The Labute approximate surface area is 105 Å². The second-order valence-electron chi connectivity index (χ2n) is 3.89. The molecule has 82 valence electrons. The predicted octanol–water partition coefficient (Wildman–Crippen LogP) is 5.08. The summed E-state index contributed by atoms with van der Waals surface area (Å²) in [6.07, 6.45) is 0. The minimum Gasteiger partial charge on any atom is -0.144 e. The van der Waals surface area contributed by atoms with Crippen LogP contribution in [0, 0.1) is 0 Å². The van der Waals surface area contributed by atoms with Crippen molar-refractivity contribution in [2.24, 2.45) is 0 Å². The summed E-state index contributed by atoms with van der Waals surface area (Å²) in [5, 5.41) is 2.12. The van der Waals surface area contributed by atoms with Gasteiger partial charge in [0.1, 0.15) is 0 Å². The molecule has 0 aliphatic heterocycles. The summed E-state index contributed by atoms with van der Waals surface area (Å²) in [4.78, 5) is 1.32. The van der Waals surface area contributed by atoms with Crippen molar-refractivity contribution in [3.63, 3.8) is 0 Å². The zero-order valence-electron chi connectivity index (χ0n) is 9.34. The van der Waals surface area contributed by atoms with Crippen LogP contribution in [0.2, 0.25) is 0 Å². The molecular weight excluding hydrogens is 224 g/mol. The summed E-state index contributed by atoms with van der Waals surface area (Å²) in [5.41, 5.74) is 3.89. The molecule has 1 aromatic heterocycles. The van der Waals surface area contributed by atoms with Crippen molar-refractivity contribution in [1.82, 2.24) is 0 Å². The van der Waals surface area contributed by atoms with Gasteiger partial charge < -0.3 is 0 Å². The number of rotatable bonds is 2. The number of benzene rings is 2. The van der Waals surface area contributed by atoms with Gasteiger partial charge in [-0.25, -0.2) is 0 Å². The molecular formula is C16H12S. The third-order valence-corrected chi connectivity index (χ3v) is 3.70. The van der Waals surface area contributed by atoms with Gasteiger partial charge in [-0.15, -0.1) is 11.3 Å². The molecule has 0 fully saturated rings. The van der Waals surface area contributed by atoms with Crippen LogP contribution in [0.15, 0.2) is 72.1 Å². The summed E-state index contributed by atoms with van der Waals surface area (Å²) >= 11 is 1.78. The maximum absolute atomic E-state index is 2.19. The third-order valence-electron chi connectivity index (χ3n) is 2.80. The molecule has 0 N–H and O–H groups in total. The van der Waals surface area contributed by atoms with Crippen molar-refractivity contribution in [2.45, 2.75) is 0 Å². The first-order valence-corrected chi connectivity index (χ1v) is 6.51. The average molecular weight is 236 g/mol. The maximum atomic E-state index is 2.19. The lowest BCUT2D eigenvalue weighted by Gasteiger charge is -2.07. The second kappa shape index (κ2) is 4.56. The molecule has 2 aromatic carbocycles. The van der Waals surface area contributed by atoms with Gasteiger partial charge in [0.15, 0.2) is 0 Å². The summed E-state index contributed by atoms with van der Waals surface area (Å²) < 4.78 is 0. The average Bonchev–Trinajstić information content (AvgIpc) is 2.94. The topological polar surface area (TPSA) is 0 Å². The number of hydrogen-bond acceptors (Lipinski definition) is 1. The molecule has 0 spiro atoms. The van der Waals surface area contributed by atoms with Crippen molar-refractivity contribution in [2.75, 3.05) is 0 Å². The van der Waals surface area contributed by atoms with Gasteiger partial charge >= 0.3 is 0 Å². The number of hydrogen-bond donors (Lipinski definition) is 0. The summed E-state index contributed by atoms with van der Waals surface area (Å²) in [6, 6.07) is 23.4. The van der Waals surface area contributed by atoms with E-state index in [2.05, 4.69) is 72.1 Å². The highest BCUT2D eigenvalue weighted by Gasteiger charge is 2.06. The minimum atomic E-state index is 1.27. The van der Waals surface area contributed by atoms with Crippen LogP contribution in [0.3, 0.4) is 0 Å². The summed E-state index contributed by atoms with van der Waals surface area (Å²) in [7, 11) is 0. The summed E-state index contributed by atoms with van der Waals surface area (Å²) in [5.74, 6) is 0. The molecule has 0 saturated carbocycles. The molecule has 3 rings (SSSR count). The van der Waals surface area contributed by atoms with E-state index >= 15 is 0 Å². The molecule has 0 aliphatic rings. The van der Waals surface area contributed by atoms with E-state index < -0.39 is 0 Å². The monoisotopic (exact) mass is 236 g/mol. The van der Waals surface area contributed by atoms with Gasteiger partial charge in [0.25, 0.3) is 0 Å². The van der Waals surface area contributed by atoms with E-state index in [4.69, 9.17) is 0 Å². The molecule has 1 heterocycles. The molecule has 3 aromatic rings. The quantitative estimate of drug-likeness (QED) is 0.582. The molecule has 17 heavy (non-hydrogen) atoms. The van der Waals surface area contributed by atoms with Crippen LogP contribution in [0.4, 0.5) is 0 Å². The summed E-state index contributed by atoms with van der Waals surface area (Å²) in [6.45, 7) is 0. The Morgan fingerprint density at radius 1 is 0.588 bits per heavy atom. The highest BCUT2D eigenvalue weighted by molar-refractivity contribution is 7.13. The van der Waals surface area contributed by atoms with Crippen LogP contribution in [-0.4, -0.2) is 0 Å². The maximum Gasteiger partial charge on any atom is 0.0348 e. The van der Waals surface area contributed by atoms with E-state index in [-0.39, 0.29) is 0 Å². The Bertz CT molecular complexity index is 594. The third kappa shape index (κ3) is 2.02. The Morgan fingerprint density at radius 3 is 2.00 bits per heavy atom. The van der Waals surface area contributed by atoms with Crippen molar-refractivity contribution in [3.05, 3.63) is 72.1 Å². The molecule has 0 atom stereocenters. The Morgan fingerprint density at radius 2 is 1.29 bits per heavy atom. The molecule has 0 radical (unpaired) electrons. The first kappa shape index (κ1) is 10.3. The van der Waals surface area contributed by atoms with Crippen LogP contribution in [0.25, 0.3) is 21.6 Å². The van der Waals surface area contributed by atoms with Crippen molar-refractivity contribution < 1.29 is 0 Å². The van der Waals surface area contributed by atoms with Gasteiger partial charge in [0.05, 0.1) is 0 Å². The van der Waals surface area contributed by atoms with Gasteiger partial charge in [0.2, 0.25) is 0 Å². The zero-order valence-corrected chi connectivity index (χ0v) is 10.2. The minimum absolute atomic E-state index is 1.27. The van der Waals surface area contributed by atoms with Crippen molar-refractivity contribution in [3.8, 4) is 21.6 Å². The van der Waals surface area contributed by atoms with E-state index in [9.17, 15) is 0 Å². The van der Waals surface area contributed by atoms with E-state index in [1.807, 2.05) is 0 Å². The van der Waals surface area contributed by atoms with Crippen LogP contribution in [0.5, 0.6) is 0 Å². The Kier molecular flexibility index (Phi) is 2.76. The fraction of sp³-hybridized carbons (Fsp3) is 0. The van der Waals surface area contributed by atoms with Crippen molar-refractivity contribution in [1.29, 1.82) is 0 Å². The van der Waals surface area contributed by atoms with Gasteiger partial charge in [-0.1, -0.05) is 60.7 Å². The van der Waals surface area contributed by atoms with E-state index in [0.29, 0.717) is 0 Å². The van der Waals surface area contributed by atoms with Gasteiger partial charge in [-0.05, 0) is 28.1 Å². The second-order valence-corrected chi connectivity index (χ2v) is 4.84. The van der Waals surface area contributed by atoms with Crippen LogP contribution in [-0.2, 0) is 0 Å². The Balaban J connectivity index is 2.18. The van der Waals surface area contributed by atoms with Crippen LogP contribution < -0.4 is 0 Å². The van der Waals surface area contributed by atoms with E-state index in [0.717, 1.165) is 0 Å². The fourth-order valence-electron chi connectivity index (χ4n) is 2.00. The van der Waals surface area contributed by atoms with Crippen molar-refractivity contribution >= 4 is 11.3 Å². The molecule has 0 nitrogen and oxygen atoms in total. The largest absolute Gasteiger partial charge is 0.144 e. The highest BCUT2D eigenvalue weighted by Crippen LogP contribution is 2.34. The lowest BCUT2D eigenvalue weighted by Crippen LogP contribution is -1.81. The molecule has 0 aliphatic carbocycles. The Hall–Kier alpha value is -1.86. The van der Waals surface area contributed by atoms with Gasteiger partial charge in [-0.2, -0.15) is 0 Å². The number of thiophene rings is 1. The predicted molar refractivity (Wildman–Crippen MR) is 75.2 cm³/mol. The fourth-order valence-corrected chi connectivity index (χ4v) is 2.77.